The molecule has 0 bridgehead atoms. The van der Waals surface area contributed by atoms with Crippen molar-refractivity contribution in [2.75, 3.05) is 13.7 Å². The SMILES string of the molecule is CCOC(C)c1noc(COc2ccc(C(=O)OC)cc2)n1. The minimum absolute atomic E-state index is 0.142. The molecule has 0 aliphatic heterocycles. The lowest BCUT2D eigenvalue weighted by molar-refractivity contribution is 0.0600. The van der Waals surface area contributed by atoms with Gasteiger partial charge in [0.1, 0.15) is 11.9 Å². The number of hydrogen-bond donors (Lipinski definition) is 0. The van der Waals surface area contributed by atoms with E-state index in [0.717, 1.165) is 0 Å². The lowest BCUT2D eigenvalue weighted by atomic mass is 10.2. The first-order chi connectivity index (χ1) is 10.6. The average molecular weight is 306 g/mol. The smallest absolute Gasteiger partial charge is 0.337 e. The maximum atomic E-state index is 11.3. The van der Waals surface area contributed by atoms with Crippen LogP contribution in [0.25, 0.3) is 0 Å². The van der Waals surface area contributed by atoms with Gasteiger partial charge in [0.15, 0.2) is 12.4 Å². The zero-order chi connectivity index (χ0) is 15.9. The molecule has 0 aliphatic rings. The van der Waals surface area contributed by atoms with Crippen molar-refractivity contribution in [2.45, 2.75) is 26.6 Å². The lowest BCUT2D eigenvalue weighted by Crippen LogP contribution is -2.03. The fraction of sp³-hybridized carbons (Fsp3) is 0.400. The van der Waals surface area contributed by atoms with E-state index in [2.05, 4.69) is 14.9 Å². The number of ether oxygens (including phenoxy) is 3. The van der Waals surface area contributed by atoms with E-state index in [1.807, 2.05) is 13.8 Å². The number of carbonyl (C=O) groups is 1. The average Bonchev–Trinajstić information content (AvgIpc) is 3.02. The van der Waals surface area contributed by atoms with Crippen LogP contribution in [0.4, 0.5) is 0 Å². The molecule has 2 rings (SSSR count). The van der Waals surface area contributed by atoms with E-state index in [-0.39, 0.29) is 12.7 Å². The van der Waals surface area contributed by atoms with Crippen molar-refractivity contribution in [1.82, 2.24) is 10.1 Å². The molecule has 1 atom stereocenters. The molecule has 0 saturated heterocycles. The second-order valence-corrected chi connectivity index (χ2v) is 4.45. The van der Waals surface area contributed by atoms with Crippen molar-refractivity contribution in [2.24, 2.45) is 0 Å². The van der Waals surface area contributed by atoms with Gasteiger partial charge >= 0.3 is 5.97 Å². The van der Waals surface area contributed by atoms with Gasteiger partial charge in [-0.1, -0.05) is 5.16 Å². The maximum absolute atomic E-state index is 11.3. The van der Waals surface area contributed by atoms with Crippen LogP contribution in [0.15, 0.2) is 28.8 Å². The molecule has 1 aromatic carbocycles. The minimum atomic E-state index is -0.391. The summed E-state index contributed by atoms with van der Waals surface area (Å²) in [6, 6.07) is 6.59. The van der Waals surface area contributed by atoms with E-state index in [1.54, 1.807) is 24.3 Å². The Hall–Kier alpha value is -2.41. The molecule has 22 heavy (non-hydrogen) atoms. The maximum Gasteiger partial charge on any atom is 0.337 e. The van der Waals surface area contributed by atoms with E-state index < -0.39 is 5.97 Å². The van der Waals surface area contributed by atoms with E-state index in [0.29, 0.717) is 29.6 Å². The molecule has 0 spiro atoms. The highest BCUT2D eigenvalue weighted by Crippen LogP contribution is 2.16. The monoisotopic (exact) mass is 306 g/mol. The predicted molar refractivity (Wildman–Crippen MR) is 76.5 cm³/mol. The Bertz CT molecular complexity index is 609. The van der Waals surface area contributed by atoms with Crippen molar-refractivity contribution in [3.05, 3.63) is 41.5 Å². The number of aromatic nitrogens is 2. The molecule has 0 saturated carbocycles. The molecule has 118 valence electrons. The first-order valence-electron chi connectivity index (χ1n) is 6.89. The predicted octanol–water partition coefficient (Wildman–Crippen LogP) is 2.53. The Morgan fingerprint density at radius 2 is 2.05 bits per heavy atom. The molecule has 0 N–H and O–H groups in total. The summed E-state index contributed by atoms with van der Waals surface area (Å²) in [6.07, 6.45) is -0.221. The topological polar surface area (TPSA) is 83.7 Å². The summed E-state index contributed by atoms with van der Waals surface area (Å²) in [7, 11) is 1.34. The number of esters is 1. The molecule has 7 heteroatoms. The quantitative estimate of drug-likeness (QED) is 0.727. The Kier molecular flexibility index (Phi) is 5.48. The highest BCUT2D eigenvalue weighted by atomic mass is 16.5. The molecule has 7 nitrogen and oxygen atoms in total. The summed E-state index contributed by atoms with van der Waals surface area (Å²) < 4.78 is 20.6. The van der Waals surface area contributed by atoms with Gasteiger partial charge in [0.2, 0.25) is 0 Å². The summed E-state index contributed by atoms with van der Waals surface area (Å²) in [5, 5.41) is 3.84. The third kappa shape index (κ3) is 4.05. The van der Waals surface area contributed by atoms with Gasteiger partial charge in [0.05, 0.1) is 12.7 Å². The van der Waals surface area contributed by atoms with E-state index >= 15 is 0 Å². The van der Waals surface area contributed by atoms with Gasteiger partial charge in [-0.3, -0.25) is 0 Å². The van der Waals surface area contributed by atoms with E-state index in [4.69, 9.17) is 14.0 Å². The van der Waals surface area contributed by atoms with Crippen LogP contribution in [0, 0.1) is 0 Å². The Morgan fingerprint density at radius 1 is 1.32 bits per heavy atom. The van der Waals surface area contributed by atoms with Gasteiger partial charge in [-0.05, 0) is 38.1 Å². The van der Waals surface area contributed by atoms with Crippen LogP contribution in [0.3, 0.4) is 0 Å². The third-order valence-electron chi connectivity index (χ3n) is 2.90. The van der Waals surface area contributed by atoms with Gasteiger partial charge in [-0.25, -0.2) is 4.79 Å². The van der Waals surface area contributed by atoms with Crippen molar-refractivity contribution < 1.29 is 23.5 Å². The summed E-state index contributed by atoms with van der Waals surface area (Å²) >= 11 is 0. The van der Waals surface area contributed by atoms with E-state index in [1.165, 1.54) is 7.11 Å². The van der Waals surface area contributed by atoms with Crippen LogP contribution in [0.5, 0.6) is 5.75 Å². The fourth-order valence-corrected chi connectivity index (χ4v) is 1.77. The number of rotatable bonds is 7. The minimum Gasteiger partial charge on any atom is -0.484 e. The molecule has 0 radical (unpaired) electrons. The number of carbonyl (C=O) groups excluding carboxylic acids is 1. The van der Waals surface area contributed by atoms with Crippen LogP contribution in [0.2, 0.25) is 0 Å². The second kappa shape index (κ2) is 7.56. The number of benzene rings is 1. The second-order valence-electron chi connectivity index (χ2n) is 4.45. The molecule has 0 fully saturated rings. The van der Waals surface area contributed by atoms with Crippen molar-refractivity contribution in [1.29, 1.82) is 0 Å². The largest absolute Gasteiger partial charge is 0.484 e. The van der Waals surface area contributed by atoms with Crippen LogP contribution < -0.4 is 4.74 Å². The lowest BCUT2D eigenvalue weighted by Gasteiger charge is -2.05. The van der Waals surface area contributed by atoms with Gasteiger partial charge in [-0.2, -0.15) is 4.98 Å². The van der Waals surface area contributed by atoms with Crippen molar-refractivity contribution in [3.8, 4) is 5.75 Å². The molecule has 0 aliphatic carbocycles. The Morgan fingerprint density at radius 3 is 2.68 bits per heavy atom. The summed E-state index contributed by atoms with van der Waals surface area (Å²) in [5.41, 5.74) is 0.459. The van der Waals surface area contributed by atoms with Gasteiger partial charge in [-0.15, -0.1) is 0 Å². The summed E-state index contributed by atoms with van der Waals surface area (Å²) in [6.45, 7) is 4.47. The van der Waals surface area contributed by atoms with Gasteiger partial charge < -0.3 is 18.7 Å². The molecular weight excluding hydrogens is 288 g/mol. The summed E-state index contributed by atoms with van der Waals surface area (Å²) in [4.78, 5) is 15.5. The van der Waals surface area contributed by atoms with Crippen LogP contribution >= 0.6 is 0 Å². The molecule has 1 heterocycles. The van der Waals surface area contributed by atoms with Crippen molar-refractivity contribution in [3.63, 3.8) is 0 Å². The number of nitrogens with zero attached hydrogens (tertiary/aromatic N) is 2. The first kappa shape index (κ1) is 16.0. The summed E-state index contributed by atoms with van der Waals surface area (Å²) in [5.74, 6) is 1.04. The van der Waals surface area contributed by atoms with E-state index in [9.17, 15) is 4.79 Å². The van der Waals surface area contributed by atoms with Crippen LogP contribution in [-0.2, 0) is 16.1 Å². The van der Waals surface area contributed by atoms with Crippen molar-refractivity contribution >= 4 is 5.97 Å². The van der Waals surface area contributed by atoms with Crippen LogP contribution in [0.1, 0.15) is 42.0 Å². The third-order valence-corrected chi connectivity index (χ3v) is 2.90. The molecule has 1 aromatic heterocycles. The molecule has 2 aromatic rings. The first-order valence-corrected chi connectivity index (χ1v) is 6.89. The molecule has 1 unspecified atom stereocenters. The number of hydrogen-bond acceptors (Lipinski definition) is 7. The number of methoxy groups -OCH3 is 1. The molecule has 0 amide bonds. The fourth-order valence-electron chi connectivity index (χ4n) is 1.77. The Balaban J connectivity index is 1.91. The molecular formula is C15H18N2O5. The highest BCUT2D eigenvalue weighted by molar-refractivity contribution is 5.89. The highest BCUT2D eigenvalue weighted by Gasteiger charge is 2.14. The zero-order valence-electron chi connectivity index (χ0n) is 12.7. The van der Waals surface area contributed by atoms with Gasteiger partial charge in [0.25, 0.3) is 5.89 Å². The zero-order valence-corrected chi connectivity index (χ0v) is 12.7. The van der Waals surface area contributed by atoms with Crippen LogP contribution in [-0.4, -0.2) is 29.8 Å². The Labute approximate surface area is 128 Å². The normalized spacial score (nSPS) is 12.0. The van der Waals surface area contributed by atoms with Gasteiger partial charge in [0, 0.05) is 6.61 Å². The standard InChI is InChI=1S/C15H18N2O5/c1-4-20-10(2)14-16-13(22-17-14)9-21-12-7-5-11(6-8-12)15(18)19-3/h5-8,10H,4,9H2,1-3H3.